The quantitative estimate of drug-likeness (QED) is 0.914. The number of nitrogens with one attached hydrogen (secondary N) is 1. The van der Waals surface area contributed by atoms with Gasteiger partial charge in [-0.25, -0.2) is 9.97 Å². The van der Waals surface area contributed by atoms with Crippen LogP contribution in [-0.2, 0) is 10.8 Å². The van der Waals surface area contributed by atoms with Gasteiger partial charge in [0.1, 0.15) is 0 Å². The van der Waals surface area contributed by atoms with Gasteiger partial charge in [-0.15, -0.1) is 0 Å². The molecule has 1 atom stereocenters. The lowest BCUT2D eigenvalue weighted by Gasteiger charge is -2.12. The molecule has 1 aliphatic carbocycles. The fourth-order valence-corrected chi connectivity index (χ4v) is 2.51. The number of anilines is 1. The van der Waals surface area contributed by atoms with Gasteiger partial charge in [0.2, 0.25) is 5.95 Å². The molecular formula is C9H12BrN3OS. The summed E-state index contributed by atoms with van der Waals surface area (Å²) in [4.78, 5) is 8.20. The normalized spacial score (nSPS) is 19.6. The van der Waals surface area contributed by atoms with E-state index in [1.54, 1.807) is 18.6 Å². The molecule has 1 saturated carbocycles. The van der Waals surface area contributed by atoms with Gasteiger partial charge in [0.25, 0.3) is 0 Å². The van der Waals surface area contributed by atoms with Crippen LogP contribution in [0.4, 0.5) is 5.95 Å². The highest BCUT2D eigenvalue weighted by molar-refractivity contribution is 9.10. The Labute approximate surface area is 99.5 Å². The van der Waals surface area contributed by atoms with Gasteiger partial charge >= 0.3 is 0 Å². The van der Waals surface area contributed by atoms with Crippen molar-refractivity contribution in [2.24, 2.45) is 0 Å². The average Bonchev–Trinajstić information content (AvgIpc) is 2.98. The zero-order chi connectivity index (χ0) is 10.9. The number of rotatable bonds is 4. The largest absolute Gasteiger partial charge is 0.353 e. The first-order chi connectivity index (χ1) is 7.12. The lowest BCUT2D eigenvalue weighted by molar-refractivity contribution is 0.673. The van der Waals surface area contributed by atoms with E-state index in [9.17, 15) is 4.21 Å². The summed E-state index contributed by atoms with van der Waals surface area (Å²) in [6.45, 7) is 0.692. The predicted molar refractivity (Wildman–Crippen MR) is 64.3 cm³/mol. The Kier molecular flexibility index (Phi) is 3.06. The third-order valence-electron chi connectivity index (χ3n) is 2.61. The van der Waals surface area contributed by atoms with Crippen LogP contribution >= 0.6 is 15.9 Å². The van der Waals surface area contributed by atoms with Crippen LogP contribution in [0.5, 0.6) is 0 Å². The Balaban J connectivity index is 1.94. The molecule has 82 valence electrons. The van der Waals surface area contributed by atoms with Crippen LogP contribution < -0.4 is 5.32 Å². The Morgan fingerprint density at radius 2 is 2.13 bits per heavy atom. The first kappa shape index (κ1) is 11.0. The molecule has 4 nitrogen and oxygen atoms in total. The third kappa shape index (κ3) is 2.55. The van der Waals surface area contributed by atoms with Gasteiger partial charge in [-0.05, 0) is 28.8 Å². The van der Waals surface area contributed by atoms with Crippen LogP contribution in [0.25, 0.3) is 0 Å². The van der Waals surface area contributed by atoms with Crippen molar-refractivity contribution in [1.29, 1.82) is 0 Å². The first-order valence-electron chi connectivity index (χ1n) is 4.67. The highest BCUT2D eigenvalue weighted by atomic mass is 79.9. The predicted octanol–water partition coefficient (Wildman–Crippen LogP) is 1.56. The van der Waals surface area contributed by atoms with Gasteiger partial charge in [0.15, 0.2) is 0 Å². The van der Waals surface area contributed by atoms with Gasteiger partial charge in [-0.1, -0.05) is 0 Å². The molecule has 0 bridgehead atoms. The molecule has 6 heteroatoms. The number of hydrogen-bond donors (Lipinski definition) is 1. The van der Waals surface area contributed by atoms with Crippen LogP contribution in [0.2, 0.25) is 0 Å². The van der Waals surface area contributed by atoms with Gasteiger partial charge in [-0.3, -0.25) is 4.21 Å². The fraction of sp³-hybridized carbons (Fsp3) is 0.556. The van der Waals surface area contributed by atoms with E-state index in [0.29, 0.717) is 12.5 Å². The van der Waals surface area contributed by atoms with E-state index < -0.39 is 10.8 Å². The van der Waals surface area contributed by atoms with Crippen LogP contribution in [0.3, 0.4) is 0 Å². The molecule has 1 aliphatic rings. The van der Waals surface area contributed by atoms with Crippen molar-refractivity contribution in [1.82, 2.24) is 9.97 Å². The summed E-state index contributed by atoms with van der Waals surface area (Å²) in [6.07, 6.45) is 7.20. The molecule has 0 aromatic carbocycles. The van der Waals surface area contributed by atoms with Crippen molar-refractivity contribution >= 4 is 32.7 Å². The molecule has 1 fully saturated rings. The number of nitrogens with zero attached hydrogens (tertiary/aromatic N) is 2. The Bertz CT molecular complexity index is 377. The summed E-state index contributed by atoms with van der Waals surface area (Å²) in [7, 11) is -0.770. The highest BCUT2D eigenvalue weighted by Gasteiger charge is 2.46. The molecule has 1 aromatic rings. The number of halogens is 1. The molecule has 1 N–H and O–H groups in total. The van der Waals surface area contributed by atoms with E-state index in [2.05, 4.69) is 31.2 Å². The van der Waals surface area contributed by atoms with Crippen molar-refractivity contribution in [2.75, 3.05) is 18.1 Å². The Morgan fingerprint density at radius 1 is 1.53 bits per heavy atom. The summed E-state index contributed by atoms with van der Waals surface area (Å²) in [5, 5.41) is 3.12. The maximum atomic E-state index is 11.4. The van der Waals surface area contributed by atoms with E-state index in [1.165, 1.54) is 0 Å². The zero-order valence-corrected chi connectivity index (χ0v) is 10.8. The van der Waals surface area contributed by atoms with Crippen molar-refractivity contribution in [3.8, 4) is 0 Å². The SMILES string of the molecule is CS(=O)C1(CNc2ncc(Br)cn2)CC1. The molecule has 0 aliphatic heterocycles. The minimum Gasteiger partial charge on any atom is -0.353 e. The molecule has 15 heavy (non-hydrogen) atoms. The van der Waals surface area contributed by atoms with Gasteiger partial charge in [0, 0.05) is 36.0 Å². The van der Waals surface area contributed by atoms with Crippen molar-refractivity contribution in [2.45, 2.75) is 17.6 Å². The molecule has 2 rings (SSSR count). The number of hydrogen-bond acceptors (Lipinski definition) is 4. The molecule has 0 amide bonds. The van der Waals surface area contributed by atoms with E-state index in [1.807, 2.05) is 0 Å². The summed E-state index contributed by atoms with van der Waals surface area (Å²) >= 11 is 3.27. The monoisotopic (exact) mass is 289 g/mol. The summed E-state index contributed by atoms with van der Waals surface area (Å²) in [5.74, 6) is 0.593. The standard InChI is InChI=1S/C9H12BrN3OS/c1-15(14)9(2-3-9)6-13-8-11-4-7(10)5-12-8/h4-5H,2-3,6H2,1H3,(H,11,12,13). The van der Waals surface area contributed by atoms with E-state index >= 15 is 0 Å². The van der Waals surface area contributed by atoms with Gasteiger partial charge < -0.3 is 5.32 Å². The van der Waals surface area contributed by atoms with Crippen molar-refractivity contribution in [3.05, 3.63) is 16.9 Å². The molecule has 1 aromatic heterocycles. The second-order valence-corrected chi connectivity index (χ2v) is 6.41. The lowest BCUT2D eigenvalue weighted by atomic mass is 10.4. The van der Waals surface area contributed by atoms with Crippen molar-refractivity contribution < 1.29 is 4.21 Å². The molecule has 0 saturated heterocycles. The van der Waals surface area contributed by atoms with Crippen LogP contribution in [-0.4, -0.2) is 31.7 Å². The minimum absolute atomic E-state index is 0.0313. The summed E-state index contributed by atoms with van der Waals surface area (Å²) in [6, 6.07) is 0. The molecular weight excluding hydrogens is 278 g/mol. The molecule has 1 unspecified atom stereocenters. The fourth-order valence-electron chi connectivity index (χ4n) is 1.35. The smallest absolute Gasteiger partial charge is 0.222 e. The second kappa shape index (κ2) is 4.17. The third-order valence-corrected chi connectivity index (χ3v) is 4.79. The second-order valence-electron chi connectivity index (χ2n) is 3.72. The molecule has 0 spiro atoms. The van der Waals surface area contributed by atoms with E-state index in [4.69, 9.17) is 0 Å². The summed E-state index contributed by atoms with van der Waals surface area (Å²) in [5.41, 5.74) is 0. The molecule has 0 radical (unpaired) electrons. The van der Waals surface area contributed by atoms with Gasteiger partial charge in [0.05, 0.1) is 9.22 Å². The van der Waals surface area contributed by atoms with Gasteiger partial charge in [-0.2, -0.15) is 0 Å². The zero-order valence-electron chi connectivity index (χ0n) is 8.36. The maximum absolute atomic E-state index is 11.4. The highest BCUT2D eigenvalue weighted by Crippen LogP contribution is 2.40. The Morgan fingerprint density at radius 3 is 2.60 bits per heavy atom. The average molecular weight is 290 g/mol. The lowest BCUT2D eigenvalue weighted by Crippen LogP contribution is -2.26. The summed E-state index contributed by atoms with van der Waals surface area (Å²) < 4.78 is 12.2. The van der Waals surface area contributed by atoms with E-state index in [-0.39, 0.29) is 4.75 Å². The first-order valence-corrected chi connectivity index (χ1v) is 7.02. The van der Waals surface area contributed by atoms with Crippen molar-refractivity contribution in [3.63, 3.8) is 0 Å². The van der Waals surface area contributed by atoms with E-state index in [0.717, 1.165) is 17.3 Å². The van der Waals surface area contributed by atoms with Crippen LogP contribution in [0.15, 0.2) is 16.9 Å². The van der Waals surface area contributed by atoms with Crippen LogP contribution in [0.1, 0.15) is 12.8 Å². The van der Waals surface area contributed by atoms with Crippen LogP contribution in [0, 0.1) is 0 Å². The molecule has 1 heterocycles. The maximum Gasteiger partial charge on any atom is 0.222 e. The Hall–Kier alpha value is -0.490. The minimum atomic E-state index is -0.770. The topological polar surface area (TPSA) is 54.9 Å². The number of aromatic nitrogens is 2.